The molecule has 0 aliphatic heterocycles. The Kier molecular flexibility index (Phi) is 16.0. The highest BCUT2D eigenvalue weighted by atomic mass is 15.0. The number of pyridine rings is 2. The first-order chi connectivity index (χ1) is 55.5. The van der Waals surface area contributed by atoms with Crippen LogP contribution in [0, 0.1) is 0 Å². The van der Waals surface area contributed by atoms with E-state index in [1.54, 1.807) is 0 Å². The molecule has 8 aromatic heterocycles. The van der Waals surface area contributed by atoms with Crippen molar-refractivity contribution in [3.63, 3.8) is 0 Å². The summed E-state index contributed by atoms with van der Waals surface area (Å²) in [6.45, 7) is 0. The summed E-state index contributed by atoms with van der Waals surface area (Å²) in [7, 11) is 0. The van der Waals surface area contributed by atoms with Crippen molar-refractivity contribution in [1.82, 2.24) is 48.2 Å². The molecule has 0 saturated heterocycles. The summed E-state index contributed by atoms with van der Waals surface area (Å²) in [6, 6.07) is 137. The number of nitrogens with zero attached hydrogens (tertiary/aromatic N) is 10. The Morgan fingerprint density at radius 2 is 0.446 bits per heavy atom. The lowest BCUT2D eigenvalue weighted by Crippen LogP contribution is -1.98. The van der Waals surface area contributed by atoms with Gasteiger partial charge in [0.2, 0.25) is 0 Å². The number of fused-ring (bicyclic) bond motifs is 12. The van der Waals surface area contributed by atoms with Gasteiger partial charge >= 0.3 is 0 Å². The van der Waals surface area contributed by atoms with Gasteiger partial charge in [0.15, 0.2) is 11.6 Å². The number of benzene rings is 14. The second kappa shape index (κ2) is 27.5. The van der Waals surface area contributed by atoms with Crippen molar-refractivity contribution in [3.8, 4) is 113 Å². The largest absolute Gasteiger partial charge is 0.309 e. The number of hydrogen-bond acceptors (Lipinski definition) is 6. The number of rotatable bonds is 12. The van der Waals surface area contributed by atoms with Crippen molar-refractivity contribution >= 4 is 87.5 Å². The fourth-order valence-corrected chi connectivity index (χ4v) is 16.3. The Labute approximate surface area is 645 Å². The number of para-hydroxylation sites is 4. The molecule has 22 rings (SSSR count). The molecular formula is C102H66N10. The van der Waals surface area contributed by atoms with Crippen LogP contribution in [-0.4, -0.2) is 48.2 Å². The van der Waals surface area contributed by atoms with Gasteiger partial charge in [-0.1, -0.05) is 243 Å². The Morgan fingerprint density at radius 3 is 0.866 bits per heavy atom. The lowest BCUT2D eigenvalue weighted by atomic mass is 10.0. The quantitative estimate of drug-likeness (QED) is 0.121. The molecule has 0 aliphatic rings. The van der Waals surface area contributed by atoms with E-state index in [0.29, 0.717) is 11.6 Å². The normalized spacial score (nSPS) is 11.6. The van der Waals surface area contributed by atoms with Crippen LogP contribution >= 0.6 is 0 Å². The maximum Gasteiger partial charge on any atom is 0.160 e. The van der Waals surface area contributed by atoms with E-state index in [4.69, 9.17) is 29.9 Å². The molecule has 0 spiro atoms. The highest BCUT2D eigenvalue weighted by molar-refractivity contribution is 6.14. The summed E-state index contributed by atoms with van der Waals surface area (Å²) in [6.07, 6.45) is 3.77. The van der Waals surface area contributed by atoms with Crippen LogP contribution in [0.1, 0.15) is 0 Å². The van der Waals surface area contributed by atoms with E-state index >= 15 is 0 Å². The third-order valence-electron chi connectivity index (χ3n) is 21.5. The molecular weight excluding hydrogens is 1370 g/mol. The molecule has 0 saturated carbocycles. The molecule has 0 amide bonds. The minimum absolute atomic E-state index is 0.689. The molecule has 112 heavy (non-hydrogen) atoms. The SMILES string of the molecule is c1ccc(-c2cc(-c3cccc(-n4c5ccccc5c5cc(-c6ccc7c(c6)c6ncccc6n7-c6ccccc6)ccc54)c3)nc(-c3ccccc3)n2)cc1.c1ccc(-c2cc(-c3ccccc3)nc(-c3cccc(-n4c5ccccc5c5cc(-c6ccc7c(c6)c6ncccc6n7-c6ccccc6)ccc54)c3)n2)cc1. The average Bonchev–Trinajstić information content (AvgIpc) is 1.59. The number of aromatic nitrogens is 10. The summed E-state index contributed by atoms with van der Waals surface area (Å²) in [5.74, 6) is 1.39. The van der Waals surface area contributed by atoms with Gasteiger partial charge in [0, 0.05) is 101 Å². The van der Waals surface area contributed by atoms with Gasteiger partial charge in [-0.2, -0.15) is 0 Å². The molecule has 0 aliphatic carbocycles. The summed E-state index contributed by atoms with van der Waals surface area (Å²) in [4.78, 5) is 30.1. The molecule has 10 nitrogen and oxygen atoms in total. The second-order valence-corrected chi connectivity index (χ2v) is 28.2. The van der Waals surface area contributed by atoms with Gasteiger partial charge in [0.05, 0.1) is 77.9 Å². The zero-order chi connectivity index (χ0) is 74.0. The van der Waals surface area contributed by atoms with Crippen molar-refractivity contribution in [2.24, 2.45) is 0 Å². The highest BCUT2D eigenvalue weighted by Gasteiger charge is 2.22. The van der Waals surface area contributed by atoms with E-state index in [-0.39, 0.29) is 0 Å². The lowest BCUT2D eigenvalue weighted by Gasteiger charge is -2.12. The third-order valence-corrected chi connectivity index (χ3v) is 21.5. The maximum atomic E-state index is 5.12. The van der Waals surface area contributed by atoms with Crippen LogP contribution in [0.15, 0.2) is 401 Å². The summed E-state index contributed by atoms with van der Waals surface area (Å²) in [5.41, 5.74) is 29.7. The first kappa shape index (κ1) is 65.1. The fraction of sp³-hybridized carbons (Fsp3) is 0. The minimum atomic E-state index is 0.689. The van der Waals surface area contributed by atoms with Gasteiger partial charge in [0.1, 0.15) is 0 Å². The summed E-state index contributed by atoms with van der Waals surface area (Å²) >= 11 is 0. The first-order valence-corrected chi connectivity index (χ1v) is 37.7. The lowest BCUT2D eigenvalue weighted by molar-refractivity contribution is 1.16. The van der Waals surface area contributed by atoms with Crippen LogP contribution in [0.2, 0.25) is 0 Å². The molecule has 0 radical (unpaired) electrons. The van der Waals surface area contributed by atoms with E-state index in [9.17, 15) is 0 Å². The first-order valence-electron chi connectivity index (χ1n) is 37.7. The van der Waals surface area contributed by atoms with Crippen molar-refractivity contribution in [3.05, 3.63) is 401 Å². The standard InChI is InChI=1S/2C51H33N5/c1-4-14-34(15-5-1)44-33-45(54-51(53-44)35-16-6-2-7-17-35)38-18-12-21-40(30-38)56-46-23-11-10-22-41(46)42-31-36(25-27-47(42)56)37-26-28-48-43(32-37)50-49(24-13-29-52-50)55(48)39-19-8-3-9-20-39;1-4-14-34(15-5-1)44-33-45(35-16-6-2-7-17-35)54-51(53-44)38-18-12-21-40(30-38)56-46-23-11-10-22-41(46)42-31-36(25-27-47(42)56)37-26-28-48-43(32-37)50-49(24-13-29-52-50)55(48)39-19-8-3-9-20-39/h2*1-33H. The summed E-state index contributed by atoms with van der Waals surface area (Å²) < 4.78 is 9.34. The second-order valence-electron chi connectivity index (χ2n) is 28.2. The number of hydrogen-bond donors (Lipinski definition) is 0. The average molecular weight is 1430 g/mol. The van der Waals surface area contributed by atoms with Gasteiger partial charge in [-0.05, 0) is 168 Å². The van der Waals surface area contributed by atoms with Crippen molar-refractivity contribution in [1.29, 1.82) is 0 Å². The van der Waals surface area contributed by atoms with Crippen molar-refractivity contribution in [2.45, 2.75) is 0 Å². The Bertz CT molecular complexity index is 6800. The predicted molar refractivity (Wildman–Crippen MR) is 460 cm³/mol. The monoisotopic (exact) mass is 1430 g/mol. The van der Waals surface area contributed by atoms with Crippen molar-refractivity contribution < 1.29 is 0 Å². The highest BCUT2D eigenvalue weighted by Crippen LogP contribution is 2.42. The van der Waals surface area contributed by atoms with Crippen molar-refractivity contribution in [2.75, 3.05) is 0 Å². The Balaban J connectivity index is 0.000000141. The fourth-order valence-electron chi connectivity index (χ4n) is 16.3. The van der Waals surface area contributed by atoms with E-state index in [1.165, 1.54) is 21.5 Å². The molecule has 8 heterocycles. The van der Waals surface area contributed by atoms with E-state index in [0.717, 1.165) is 167 Å². The molecule has 0 bridgehead atoms. The predicted octanol–water partition coefficient (Wildman–Crippen LogP) is 25.5. The van der Waals surface area contributed by atoms with Gasteiger partial charge in [-0.15, -0.1) is 0 Å². The maximum absolute atomic E-state index is 5.12. The van der Waals surface area contributed by atoms with Gasteiger partial charge in [0.25, 0.3) is 0 Å². The Hall–Kier alpha value is -15.3. The van der Waals surface area contributed by atoms with Crippen LogP contribution in [0.3, 0.4) is 0 Å². The van der Waals surface area contributed by atoms with Crippen LogP contribution in [0.4, 0.5) is 0 Å². The van der Waals surface area contributed by atoms with Gasteiger partial charge < -0.3 is 18.3 Å². The van der Waals surface area contributed by atoms with Gasteiger partial charge in [-0.3, -0.25) is 9.97 Å². The van der Waals surface area contributed by atoms with Gasteiger partial charge in [-0.25, -0.2) is 19.9 Å². The molecule has 0 atom stereocenters. The van der Waals surface area contributed by atoms with Crippen LogP contribution in [0.5, 0.6) is 0 Å². The molecule has 0 N–H and O–H groups in total. The topological polar surface area (TPSA) is 97.1 Å². The van der Waals surface area contributed by atoms with E-state index in [2.05, 4.69) is 322 Å². The molecule has 14 aromatic carbocycles. The molecule has 10 heteroatoms. The molecule has 0 unspecified atom stereocenters. The van der Waals surface area contributed by atoms with Crippen LogP contribution in [0.25, 0.3) is 200 Å². The Morgan fingerprint density at radius 1 is 0.161 bits per heavy atom. The van der Waals surface area contributed by atoms with Crippen LogP contribution < -0.4 is 0 Å². The minimum Gasteiger partial charge on any atom is -0.309 e. The third kappa shape index (κ3) is 11.5. The van der Waals surface area contributed by atoms with E-state index < -0.39 is 0 Å². The molecule has 0 fully saturated rings. The smallest absolute Gasteiger partial charge is 0.160 e. The molecule has 22 aromatic rings. The zero-order valence-electron chi connectivity index (χ0n) is 60.6. The zero-order valence-corrected chi connectivity index (χ0v) is 60.6. The van der Waals surface area contributed by atoms with Crippen LogP contribution in [-0.2, 0) is 0 Å². The molecule has 524 valence electrons. The summed E-state index contributed by atoms with van der Waals surface area (Å²) in [5, 5.41) is 7.08. The van der Waals surface area contributed by atoms with E-state index in [1.807, 2.05) is 97.3 Å².